The first-order valence-corrected chi connectivity index (χ1v) is 13.4. The summed E-state index contributed by atoms with van der Waals surface area (Å²) in [7, 11) is 1.91. The van der Waals surface area contributed by atoms with Gasteiger partial charge < -0.3 is 19.6 Å². The molecule has 41 heavy (non-hydrogen) atoms. The Balaban J connectivity index is 1.42. The molecule has 1 fully saturated rings. The van der Waals surface area contributed by atoms with Gasteiger partial charge in [0.05, 0.1) is 33.9 Å². The molecule has 10 heteroatoms. The lowest BCUT2D eigenvalue weighted by Crippen LogP contribution is -2.34. The third-order valence-electron chi connectivity index (χ3n) is 7.34. The number of nitro benzene ring substituents is 1. The van der Waals surface area contributed by atoms with Crippen molar-refractivity contribution in [3.05, 3.63) is 106 Å². The number of nitrogens with zero attached hydrogens (tertiary/aromatic N) is 5. The predicted molar refractivity (Wildman–Crippen MR) is 156 cm³/mol. The number of rotatable bonds is 7. The molecule has 0 atom stereocenters. The van der Waals surface area contributed by atoms with Crippen LogP contribution in [0.5, 0.6) is 5.88 Å². The molecule has 0 unspecified atom stereocenters. The molecule has 1 amide bonds. The van der Waals surface area contributed by atoms with E-state index in [1.807, 2.05) is 71.2 Å². The van der Waals surface area contributed by atoms with Crippen molar-refractivity contribution in [2.75, 3.05) is 6.54 Å². The van der Waals surface area contributed by atoms with Gasteiger partial charge in [-0.1, -0.05) is 36.4 Å². The molecule has 1 aliphatic heterocycles. The smallest absolute Gasteiger partial charge is 0.270 e. The van der Waals surface area contributed by atoms with Crippen molar-refractivity contribution >= 4 is 33.9 Å². The number of fused-ring (bicyclic) bond motifs is 1. The number of amides is 1. The molecule has 1 aliphatic rings. The zero-order chi connectivity index (χ0) is 28.5. The van der Waals surface area contributed by atoms with Gasteiger partial charge in [0.25, 0.3) is 5.69 Å². The highest BCUT2D eigenvalue weighted by molar-refractivity contribution is 6.22. The molecule has 3 aromatic carbocycles. The fourth-order valence-corrected chi connectivity index (χ4v) is 5.20. The lowest BCUT2D eigenvalue weighted by molar-refractivity contribution is -0.384. The Kier molecular flexibility index (Phi) is 6.80. The monoisotopic (exact) mass is 548 g/mol. The van der Waals surface area contributed by atoms with Crippen molar-refractivity contribution < 1.29 is 14.8 Å². The Hall–Kier alpha value is -5.25. The Labute approximate surface area is 235 Å². The number of aromatic hydroxyl groups is 1. The topological polar surface area (TPSA) is 130 Å². The lowest BCUT2D eigenvalue weighted by atomic mass is 9.99. The maximum absolute atomic E-state index is 12.3. The average Bonchev–Trinajstić information content (AvgIpc) is 3.55. The molecule has 5 aromatic rings. The highest BCUT2D eigenvalue weighted by Gasteiger charge is 2.22. The SMILES string of the molecule is Cn1cnc(-c2ccc(N=C(c3ccc(CN4CCCCC4=O)cc3)c3c(O)[nH]c4ccc([N+](=O)[O-])cc34)cc2)c1. The minimum absolute atomic E-state index is 0.0849. The van der Waals surface area contributed by atoms with Gasteiger partial charge in [0.15, 0.2) is 5.88 Å². The summed E-state index contributed by atoms with van der Waals surface area (Å²) in [6.07, 6.45) is 6.19. The van der Waals surface area contributed by atoms with Gasteiger partial charge >= 0.3 is 0 Å². The molecule has 0 spiro atoms. The van der Waals surface area contributed by atoms with E-state index in [1.165, 1.54) is 12.1 Å². The van der Waals surface area contributed by atoms with Gasteiger partial charge in [0.2, 0.25) is 5.91 Å². The maximum atomic E-state index is 12.3. The van der Waals surface area contributed by atoms with E-state index in [2.05, 4.69) is 9.97 Å². The van der Waals surface area contributed by atoms with Gasteiger partial charge in [-0.15, -0.1) is 0 Å². The van der Waals surface area contributed by atoms with Gasteiger partial charge in [-0.2, -0.15) is 0 Å². The summed E-state index contributed by atoms with van der Waals surface area (Å²) in [5.74, 6) is 0.0365. The molecule has 3 heterocycles. The van der Waals surface area contributed by atoms with Crippen LogP contribution in [0.1, 0.15) is 36.0 Å². The Morgan fingerprint density at radius 3 is 2.56 bits per heavy atom. The normalized spacial score (nSPS) is 14.1. The van der Waals surface area contributed by atoms with Crippen molar-refractivity contribution in [2.45, 2.75) is 25.8 Å². The molecule has 0 radical (unpaired) electrons. The number of carbonyl (C=O) groups is 1. The number of aryl methyl sites for hydroxylation is 1. The van der Waals surface area contributed by atoms with Crippen LogP contribution >= 0.6 is 0 Å². The third kappa shape index (κ3) is 5.31. The molecule has 206 valence electrons. The highest BCUT2D eigenvalue weighted by atomic mass is 16.6. The van der Waals surface area contributed by atoms with E-state index < -0.39 is 4.92 Å². The Morgan fingerprint density at radius 2 is 1.88 bits per heavy atom. The van der Waals surface area contributed by atoms with Gasteiger partial charge in [-0.25, -0.2) is 9.98 Å². The number of likely N-dealkylation sites (tertiary alicyclic amines) is 1. The van der Waals surface area contributed by atoms with Crippen molar-refractivity contribution in [1.82, 2.24) is 19.4 Å². The number of benzene rings is 3. The van der Waals surface area contributed by atoms with E-state index in [9.17, 15) is 20.0 Å². The van der Waals surface area contributed by atoms with Crippen LogP contribution in [0.4, 0.5) is 11.4 Å². The summed E-state index contributed by atoms with van der Waals surface area (Å²) in [5, 5.41) is 23.0. The molecular formula is C31H28N6O4. The second-order valence-electron chi connectivity index (χ2n) is 10.2. The van der Waals surface area contributed by atoms with Crippen LogP contribution in [-0.2, 0) is 18.4 Å². The number of imidazole rings is 1. The molecule has 0 bridgehead atoms. The molecule has 2 N–H and O–H groups in total. The number of hydrogen-bond donors (Lipinski definition) is 2. The van der Waals surface area contributed by atoms with Crippen LogP contribution in [0.25, 0.3) is 22.2 Å². The fourth-order valence-electron chi connectivity index (χ4n) is 5.20. The van der Waals surface area contributed by atoms with E-state index in [0.717, 1.165) is 41.8 Å². The Bertz CT molecular complexity index is 1780. The van der Waals surface area contributed by atoms with Crippen LogP contribution in [0, 0.1) is 10.1 Å². The number of aromatic nitrogens is 3. The zero-order valence-electron chi connectivity index (χ0n) is 22.4. The largest absolute Gasteiger partial charge is 0.494 e. The number of hydrogen-bond acceptors (Lipinski definition) is 6. The Morgan fingerprint density at radius 1 is 1.10 bits per heavy atom. The average molecular weight is 549 g/mol. The number of carbonyl (C=O) groups excluding carboxylic acids is 1. The van der Waals surface area contributed by atoms with E-state index >= 15 is 0 Å². The zero-order valence-corrected chi connectivity index (χ0v) is 22.4. The molecule has 0 aliphatic carbocycles. The third-order valence-corrected chi connectivity index (χ3v) is 7.34. The van der Waals surface area contributed by atoms with E-state index in [-0.39, 0.29) is 17.5 Å². The first-order valence-electron chi connectivity index (χ1n) is 13.4. The van der Waals surface area contributed by atoms with Gasteiger partial charge in [-0.3, -0.25) is 14.9 Å². The summed E-state index contributed by atoms with van der Waals surface area (Å²) in [6.45, 7) is 1.29. The maximum Gasteiger partial charge on any atom is 0.270 e. The second kappa shape index (κ2) is 10.7. The number of aromatic amines is 1. The van der Waals surface area contributed by atoms with Crippen LogP contribution in [0.3, 0.4) is 0 Å². The number of aliphatic imine (C=N–C) groups is 1. The lowest BCUT2D eigenvalue weighted by Gasteiger charge is -2.26. The summed E-state index contributed by atoms with van der Waals surface area (Å²) in [5.41, 5.74) is 5.43. The van der Waals surface area contributed by atoms with Crippen molar-refractivity contribution in [2.24, 2.45) is 12.0 Å². The predicted octanol–water partition coefficient (Wildman–Crippen LogP) is 5.86. The molecule has 1 saturated heterocycles. The highest BCUT2D eigenvalue weighted by Crippen LogP contribution is 2.34. The minimum atomic E-state index is -0.461. The molecule has 6 rings (SSSR count). The van der Waals surface area contributed by atoms with Crippen molar-refractivity contribution in [1.29, 1.82) is 0 Å². The molecular weight excluding hydrogens is 520 g/mol. The molecule has 2 aromatic heterocycles. The van der Waals surface area contributed by atoms with E-state index in [0.29, 0.717) is 40.8 Å². The van der Waals surface area contributed by atoms with Gasteiger partial charge in [-0.05, 0) is 36.6 Å². The van der Waals surface area contributed by atoms with Gasteiger partial charge in [0.1, 0.15) is 0 Å². The van der Waals surface area contributed by atoms with Crippen LogP contribution < -0.4 is 0 Å². The van der Waals surface area contributed by atoms with Crippen LogP contribution in [0.15, 0.2) is 84.2 Å². The van der Waals surface area contributed by atoms with E-state index in [4.69, 9.17) is 4.99 Å². The number of nitrogens with one attached hydrogen (secondary N) is 1. The first-order chi connectivity index (χ1) is 19.9. The summed E-state index contributed by atoms with van der Waals surface area (Å²) < 4.78 is 1.88. The minimum Gasteiger partial charge on any atom is -0.494 e. The number of nitro groups is 1. The number of piperidine rings is 1. The summed E-state index contributed by atoms with van der Waals surface area (Å²) >= 11 is 0. The summed E-state index contributed by atoms with van der Waals surface area (Å²) in [4.78, 5) is 37.5. The van der Waals surface area contributed by atoms with Crippen LogP contribution in [-0.4, -0.2) is 47.6 Å². The molecule has 10 nitrogen and oxygen atoms in total. The molecule has 0 saturated carbocycles. The second-order valence-corrected chi connectivity index (χ2v) is 10.2. The van der Waals surface area contributed by atoms with E-state index in [1.54, 1.807) is 12.4 Å². The first kappa shape index (κ1) is 26.0. The van der Waals surface area contributed by atoms with Crippen molar-refractivity contribution in [3.8, 4) is 17.1 Å². The van der Waals surface area contributed by atoms with Gasteiger partial charge in [0, 0.05) is 66.9 Å². The standard InChI is InChI=1S/C31H28N6O4/c1-35-18-27(32-19-35)21-9-11-23(12-10-21)33-30(29-25-16-24(37(40)41)13-14-26(25)34-31(29)39)22-7-5-20(6-8-22)17-36-15-3-2-4-28(36)38/h5-14,16,18-19,34,39H,2-4,15,17H2,1H3. The van der Waals surface area contributed by atoms with Crippen LogP contribution in [0.2, 0.25) is 0 Å². The quantitative estimate of drug-likeness (QED) is 0.149. The summed E-state index contributed by atoms with van der Waals surface area (Å²) in [6, 6.07) is 19.7. The van der Waals surface area contributed by atoms with Crippen molar-refractivity contribution in [3.63, 3.8) is 0 Å². The fraction of sp³-hybridized carbons (Fsp3) is 0.194. The number of non-ortho nitro benzene ring substituents is 1. The number of H-pyrrole nitrogens is 1.